The number of thiophene rings is 1. The van der Waals surface area contributed by atoms with Gasteiger partial charge in [0, 0.05) is 11.1 Å². The van der Waals surface area contributed by atoms with Crippen molar-refractivity contribution in [2.45, 2.75) is 6.04 Å². The summed E-state index contributed by atoms with van der Waals surface area (Å²) in [6.45, 7) is 0. The summed E-state index contributed by atoms with van der Waals surface area (Å²) in [7, 11) is 0. The molecule has 1 N–H and O–H groups in total. The van der Waals surface area contributed by atoms with Crippen LogP contribution in [0.1, 0.15) is 4.88 Å². The molecule has 0 amide bonds. The standard InChI is InChI=1S/C9H6N4S/c10-4-8(12)9(5-11)13-6-7-2-1-3-14-7/h1-3,6,9,12H/t9-/m1/s1. The van der Waals surface area contributed by atoms with Gasteiger partial charge in [0.1, 0.15) is 11.8 Å². The number of rotatable bonds is 3. The molecule has 1 atom stereocenters. The van der Waals surface area contributed by atoms with Crippen molar-refractivity contribution in [1.29, 1.82) is 15.9 Å². The highest BCUT2D eigenvalue weighted by Gasteiger charge is 2.09. The average Bonchev–Trinajstić information content (AvgIpc) is 2.71. The van der Waals surface area contributed by atoms with Crippen LogP contribution in [0.4, 0.5) is 0 Å². The lowest BCUT2D eigenvalue weighted by Crippen LogP contribution is -2.13. The largest absolute Gasteiger partial charge is 0.291 e. The molecule has 4 nitrogen and oxygen atoms in total. The van der Waals surface area contributed by atoms with Crippen molar-refractivity contribution in [2.24, 2.45) is 4.99 Å². The lowest BCUT2D eigenvalue weighted by atomic mass is 10.2. The lowest BCUT2D eigenvalue weighted by Gasteiger charge is -1.95. The molecule has 14 heavy (non-hydrogen) atoms. The fourth-order valence-electron chi connectivity index (χ4n) is 0.746. The zero-order valence-corrected chi connectivity index (χ0v) is 7.95. The van der Waals surface area contributed by atoms with Crippen LogP contribution in [0.25, 0.3) is 0 Å². The molecule has 0 radical (unpaired) electrons. The minimum absolute atomic E-state index is 0.333. The Hall–Kier alpha value is -1.98. The summed E-state index contributed by atoms with van der Waals surface area (Å²) in [4.78, 5) is 4.73. The van der Waals surface area contributed by atoms with Crippen molar-refractivity contribution < 1.29 is 0 Å². The van der Waals surface area contributed by atoms with Crippen molar-refractivity contribution in [2.75, 3.05) is 0 Å². The Morgan fingerprint density at radius 3 is 2.93 bits per heavy atom. The highest BCUT2D eigenvalue weighted by molar-refractivity contribution is 7.11. The molecule has 1 rings (SSSR count). The second kappa shape index (κ2) is 4.90. The van der Waals surface area contributed by atoms with Gasteiger partial charge in [-0.25, -0.2) is 0 Å². The second-order valence-electron chi connectivity index (χ2n) is 2.35. The normalized spacial score (nSPS) is 11.9. The van der Waals surface area contributed by atoms with Gasteiger partial charge in [0.05, 0.1) is 6.07 Å². The molecular formula is C9H6N4S. The molecule has 0 saturated carbocycles. The third-order valence-electron chi connectivity index (χ3n) is 1.41. The Balaban J connectivity index is 2.73. The molecule has 0 fully saturated rings. The number of hydrogen-bond donors (Lipinski definition) is 1. The molecule has 1 heterocycles. The number of nitrogens with one attached hydrogen (secondary N) is 1. The van der Waals surface area contributed by atoms with Gasteiger partial charge in [-0.05, 0) is 11.4 Å². The van der Waals surface area contributed by atoms with Gasteiger partial charge in [-0.15, -0.1) is 11.3 Å². The van der Waals surface area contributed by atoms with E-state index in [1.807, 2.05) is 17.5 Å². The van der Waals surface area contributed by atoms with Crippen LogP contribution >= 0.6 is 11.3 Å². The smallest absolute Gasteiger partial charge is 0.187 e. The number of hydrogen-bond acceptors (Lipinski definition) is 5. The van der Waals surface area contributed by atoms with E-state index < -0.39 is 6.04 Å². The molecule has 0 aromatic carbocycles. The minimum Gasteiger partial charge on any atom is -0.291 e. The number of aliphatic imine (C=N–C) groups is 1. The molecule has 0 saturated heterocycles. The second-order valence-corrected chi connectivity index (χ2v) is 3.33. The van der Waals surface area contributed by atoms with Crippen LogP contribution in [-0.4, -0.2) is 18.0 Å². The molecule has 1 aromatic heterocycles. The first-order chi connectivity index (χ1) is 6.77. The Labute approximate surface area is 85.3 Å². The molecular weight excluding hydrogens is 196 g/mol. The minimum atomic E-state index is -0.984. The van der Waals surface area contributed by atoms with Crippen LogP contribution in [0.15, 0.2) is 22.5 Å². The first kappa shape index (κ1) is 10.1. The van der Waals surface area contributed by atoms with Gasteiger partial charge < -0.3 is 0 Å². The summed E-state index contributed by atoms with van der Waals surface area (Å²) < 4.78 is 0. The molecule has 0 spiro atoms. The molecule has 1 aromatic rings. The Morgan fingerprint density at radius 1 is 1.64 bits per heavy atom. The van der Waals surface area contributed by atoms with Gasteiger partial charge in [0.15, 0.2) is 6.04 Å². The van der Waals surface area contributed by atoms with Gasteiger partial charge >= 0.3 is 0 Å². The molecule has 0 bridgehead atoms. The lowest BCUT2D eigenvalue weighted by molar-refractivity contribution is 1.09. The Kier molecular flexibility index (Phi) is 3.54. The molecule has 0 aliphatic heterocycles. The van der Waals surface area contributed by atoms with Crippen molar-refractivity contribution in [3.05, 3.63) is 22.4 Å². The third kappa shape index (κ3) is 2.51. The molecule has 68 valence electrons. The van der Waals surface area contributed by atoms with Crippen LogP contribution < -0.4 is 0 Å². The van der Waals surface area contributed by atoms with Crippen molar-refractivity contribution in [3.8, 4) is 12.1 Å². The first-order valence-electron chi connectivity index (χ1n) is 3.72. The maximum Gasteiger partial charge on any atom is 0.187 e. The SMILES string of the molecule is N#CC(=N)[C@@H](C#N)N=Cc1cccs1. The highest BCUT2D eigenvalue weighted by atomic mass is 32.1. The van der Waals surface area contributed by atoms with Gasteiger partial charge in [-0.1, -0.05) is 6.07 Å². The van der Waals surface area contributed by atoms with Crippen molar-refractivity contribution >= 4 is 23.3 Å². The van der Waals surface area contributed by atoms with Gasteiger partial charge in [0.2, 0.25) is 0 Å². The van der Waals surface area contributed by atoms with Crippen LogP contribution in [0.3, 0.4) is 0 Å². The highest BCUT2D eigenvalue weighted by Crippen LogP contribution is 2.05. The summed E-state index contributed by atoms with van der Waals surface area (Å²) in [5, 5.41) is 26.0. The predicted octanol–water partition coefficient (Wildman–Crippen LogP) is 1.60. The Bertz CT molecular complexity index is 419. The summed E-state index contributed by atoms with van der Waals surface area (Å²) in [5.74, 6) is 0. The third-order valence-corrected chi connectivity index (χ3v) is 2.22. The first-order valence-corrected chi connectivity index (χ1v) is 4.60. The number of nitrogens with zero attached hydrogens (tertiary/aromatic N) is 3. The van der Waals surface area contributed by atoms with E-state index in [0.717, 1.165) is 4.88 Å². The van der Waals surface area contributed by atoms with Crippen LogP contribution in [-0.2, 0) is 0 Å². The van der Waals surface area contributed by atoms with Crippen molar-refractivity contribution in [3.63, 3.8) is 0 Å². The van der Waals surface area contributed by atoms with Crippen LogP contribution in [0, 0.1) is 28.1 Å². The fourth-order valence-corrected chi connectivity index (χ4v) is 1.34. The average molecular weight is 202 g/mol. The number of nitriles is 2. The molecule has 0 aliphatic carbocycles. The van der Waals surface area contributed by atoms with E-state index in [0.29, 0.717) is 0 Å². The van der Waals surface area contributed by atoms with E-state index in [4.69, 9.17) is 15.9 Å². The summed E-state index contributed by atoms with van der Waals surface area (Å²) in [6, 6.07) is 6.10. The topological polar surface area (TPSA) is 83.8 Å². The summed E-state index contributed by atoms with van der Waals surface area (Å²) >= 11 is 1.48. The van der Waals surface area contributed by atoms with E-state index >= 15 is 0 Å². The monoisotopic (exact) mass is 202 g/mol. The van der Waals surface area contributed by atoms with E-state index in [9.17, 15) is 0 Å². The maximum absolute atomic E-state index is 8.60. The predicted molar refractivity (Wildman–Crippen MR) is 54.7 cm³/mol. The van der Waals surface area contributed by atoms with Gasteiger partial charge in [0.25, 0.3) is 0 Å². The zero-order valence-electron chi connectivity index (χ0n) is 7.14. The maximum atomic E-state index is 8.60. The molecule has 0 aliphatic rings. The quantitative estimate of drug-likeness (QED) is 0.755. The summed E-state index contributed by atoms with van der Waals surface area (Å²) in [5.41, 5.74) is -0.333. The summed E-state index contributed by atoms with van der Waals surface area (Å²) in [6.07, 6.45) is 1.50. The van der Waals surface area contributed by atoms with E-state index in [2.05, 4.69) is 4.99 Å². The van der Waals surface area contributed by atoms with E-state index in [1.165, 1.54) is 17.6 Å². The van der Waals surface area contributed by atoms with Gasteiger partial charge in [-0.2, -0.15) is 10.5 Å². The van der Waals surface area contributed by atoms with E-state index in [1.54, 1.807) is 12.1 Å². The van der Waals surface area contributed by atoms with Crippen LogP contribution in [0.5, 0.6) is 0 Å². The van der Waals surface area contributed by atoms with Crippen molar-refractivity contribution in [1.82, 2.24) is 0 Å². The molecule has 0 unspecified atom stereocenters. The molecule has 5 heteroatoms. The van der Waals surface area contributed by atoms with Gasteiger partial charge in [-0.3, -0.25) is 10.4 Å². The van der Waals surface area contributed by atoms with Crippen LogP contribution in [0.2, 0.25) is 0 Å². The fraction of sp³-hybridized carbons (Fsp3) is 0.111. The Morgan fingerprint density at radius 2 is 2.43 bits per heavy atom. The zero-order chi connectivity index (χ0) is 10.4. The van der Waals surface area contributed by atoms with E-state index in [-0.39, 0.29) is 5.71 Å².